The maximum Gasteiger partial charge on any atom is 0.0668 e. The summed E-state index contributed by atoms with van der Waals surface area (Å²) < 4.78 is 5.46. The van der Waals surface area contributed by atoms with Crippen LogP contribution in [0.3, 0.4) is 0 Å². The zero-order valence-corrected chi connectivity index (χ0v) is 9.04. The quantitative estimate of drug-likeness (QED) is 0.553. The molecular formula is C11H19O3-. The molecule has 0 fully saturated rings. The summed E-state index contributed by atoms with van der Waals surface area (Å²) in [7, 11) is 0. The molecule has 0 bridgehead atoms. The first-order chi connectivity index (χ1) is 6.61. The second-order valence-electron chi connectivity index (χ2n) is 3.30. The van der Waals surface area contributed by atoms with Gasteiger partial charge >= 0.3 is 0 Å². The van der Waals surface area contributed by atoms with E-state index in [1.807, 2.05) is 6.92 Å². The number of hydrogen-bond donors (Lipinski definition) is 0. The number of aliphatic carboxylic acids is 1. The molecule has 0 saturated heterocycles. The Kier molecular flexibility index (Phi) is 7.11. The summed E-state index contributed by atoms with van der Waals surface area (Å²) in [4.78, 5) is 10.4. The van der Waals surface area contributed by atoms with Crippen molar-refractivity contribution in [1.29, 1.82) is 0 Å². The van der Waals surface area contributed by atoms with Crippen LogP contribution in [0.25, 0.3) is 0 Å². The monoisotopic (exact) mass is 199 g/mol. The van der Waals surface area contributed by atoms with Gasteiger partial charge in [0.05, 0.1) is 12.1 Å². The molecule has 0 heterocycles. The Morgan fingerprint density at radius 3 is 2.50 bits per heavy atom. The summed E-state index contributed by atoms with van der Waals surface area (Å²) in [5, 5.41) is 10.4. The van der Waals surface area contributed by atoms with Gasteiger partial charge in [-0.1, -0.05) is 19.9 Å². The zero-order chi connectivity index (χ0) is 11.0. The van der Waals surface area contributed by atoms with E-state index in [1.54, 1.807) is 0 Å². The van der Waals surface area contributed by atoms with Crippen molar-refractivity contribution in [2.24, 2.45) is 0 Å². The molecule has 0 aromatic rings. The maximum atomic E-state index is 10.4. The number of ether oxygens (including phenoxy) is 1. The first-order valence-electron chi connectivity index (χ1n) is 5.12. The summed E-state index contributed by atoms with van der Waals surface area (Å²) in [5.41, 5.74) is 0.158. The lowest BCUT2D eigenvalue weighted by Crippen LogP contribution is -2.24. The second-order valence-corrected chi connectivity index (χ2v) is 3.30. The average Bonchev–Trinajstić information content (AvgIpc) is 2.14. The number of carboxylic acids is 1. The van der Waals surface area contributed by atoms with Gasteiger partial charge in [-0.05, 0) is 31.8 Å². The van der Waals surface area contributed by atoms with E-state index in [2.05, 4.69) is 13.5 Å². The second kappa shape index (κ2) is 7.56. The largest absolute Gasteiger partial charge is 0.545 e. The predicted molar refractivity (Wildman–Crippen MR) is 53.7 cm³/mol. The van der Waals surface area contributed by atoms with E-state index in [4.69, 9.17) is 4.74 Å². The Morgan fingerprint density at radius 1 is 1.43 bits per heavy atom. The van der Waals surface area contributed by atoms with Crippen molar-refractivity contribution < 1.29 is 14.6 Å². The standard InChI is InChI=1S/C11H20O3/c1-4-6-10(14-5-2)8-7-9(3)11(12)13/h10H,3-8H2,1-2H3,(H,12,13)/p-1. The lowest BCUT2D eigenvalue weighted by atomic mass is 10.1. The fourth-order valence-corrected chi connectivity index (χ4v) is 1.31. The van der Waals surface area contributed by atoms with E-state index < -0.39 is 5.97 Å². The minimum atomic E-state index is -1.16. The summed E-state index contributed by atoms with van der Waals surface area (Å²) in [6, 6.07) is 0. The van der Waals surface area contributed by atoms with Gasteiger partial charge in [-0.2, -0.15) is 0 Å². The van der Waals surface area contributed by atoms with Crippen molar-refractivity contribution >= 4 is 5.97 Å². The topological polar surface area (TPSA) is 49.4 Å². The lowest BCUT2D eigenvalue weighted by Gasteiger charge is -2.16. The van der Waals surface area contributed by atoms with Crippen LogP contribution in [0.5, 0.6) is 0 Å². The van der Waals surface area contributed by atoms with Crippen molar-refractivity contribution in [2.75, 3.05) is 6.61 Å². The fourth-order valence-electron chi connectivity index (χ4n) is 1.31. The van der Waals surface area contributed by atoms with Gasteiger partial charge in [0, 0.05) is 6.61 Å². The van der Waals surface area contributed by atoms with E-state index in [0.717, 1.165) is 12.8 Å². The third-order valence-electron chi connectivity index (χ3n) is 2.07. The van der Waals surface area contributed by atoms with Crippen molar-refractivity contribution in [3.63, 3.8) is 0 Å². The first-order valence-corrected chi connectivity index (χ1v) is 5.12. The number of carbonyl (C=O) groups excluding carboxylic acids is 1. The summed E-state index contributed by atoms with van der Waals surface area (Å²) in [6.07, 6.45) is 3.33. The minimum Gasteiger partial charge on any atom is -0.545 e. The molecule has 0 aromatic carbocycles. The van der Waals surface area contributed by atoms with Gasteiger partial charge in [-0.25, -0.2) is 0 Å². The molecule has 0 aromatic heterocycles. The highest BCUT2D eigenvalue weighted by Gasteiger charge is 2.07. The van der Waals surface area contributed by atoms with Gasteiger partial charge in [-0.15, -0.1) is 0 Å². The Labute approximate surface area is 85.8 Å². The number of hydrogen-bond acceptors (Lipinski definition) is 3. The molecule has 0 amide bonds. The van der Waals surface area contributed by atoms with Crippen LogP contribution in [0, 0.1) is 0 Å². The van der Waals surface area contributed by atoms with Crippen LogP contribution in [0.2, 0.25) is 0 Å². The van der Waals surface area contributed by atoms with Crippen molar-refractivity contribution in [3.05, 3.63) is 12.2 Å². The van der Waals surface area contributed by atoms with Crippen molar-refractivity contribution in [1.82, 2.24) is 0 Å². The van der Waals surface area contributed by atoms with Gasteiger partial charge in [0.25, 0.3) is 0 Å². The van der Waals surface area contributed by atoms with Crippen LogP contribution in [0.4, 0.5) is 0 Å². The average molecular weight is 199 g/mol. The lowest BCUT2D eigenvalue weighted by molar-refractivity contribution is -0.299. The summed E-state index contributed by atoms with van der Waals surface area (Å²) in [5.74, 6) is -1.16. The number of rotatable bonds is 8. The molecule has 0 aliphatic heterocycles. The zero-order valence-electron chi connectivity index (χ0n) is 9.04. The molecule has 1 atom stereocenters. The number of carbonyl (C=O) groups is 1. The van der Waals surface area contributed by atoms with E-state index in [0.29, 0.717) is 19.4 Å². The Morgan fingerprint density at radius 2 is 2.07 bits per heavy atom. The molecule has 0 radical (unpaired) electrons. The van der Waals surface area contributed by atoms with E-state index in [9.17, 15) is 9.90 Å². The molecule has 3 nitrogen and oxygen atoms in total. The molecule has 82 valence electrons. The van der Waals surface area contributed by atoms with Crippen LogP contribution >= 0.6 is 0 Å². The summed E-state index contributed by atoms with van der Waals surface area (Å²) >= 11 is 0. The van der Waals surface area contributed by atoms with Crippen molar-refractivity contribution in [2.45, 2.75) is 45.6 Å². The molecular weight excluding hydrogens is 180 g/mol. The normalized spacial score (nSPS) is 12.4. The van der Waals surface area contributed by atoms with Crippen LogP contribution in [-0.4, -0.2) is 18.7 Å². The molecule has 0 aliphatic carbocycles. The first kappa shape index (κ1) is 13.2. The van der Waals surface area contributed by atoms with Crippen LogP contribution in [0.1, 0.15) is 39.5 Å². The van der Waals surface area contributed by atoms with E-state index >= 15 is 0 Å². The van der Waals surface area contributed by atoms with Gasteiger partial charge in [0.2, 0.25) is 0 Å². The van der Waals surface area contributed by atoms with Gasteiger partial charge < -0.3 is 14.6 Å². The molecule has 14 heavy (non-hydrogen) atoms. The SMILES string of the molecule is C=C(CCC(CCC)OCC)C(=O)[O-]. The predicted octanol–water partition coefficient (Wildman–Crippen LogP) is 1.28. The molecule has 3 heteroatoms. The highest BCUT2D eigenvalue weighted by molar-refractivity contribution is 5.83. The number of carboxylic acid groups (broad SMARTS) is 1. The Balaban J connectivity index is 3.80. The van der Waals surface area contributed by atoms with Gasteiger partial charge in [0.15, 0.2) is 0 Å². The molecule has 0 saturated carbocycles. The molecule has 0 N–H and O–H groups in total. The third-order valence-corrected chi connectivity index (χ3v) is 2.07. The molecule has 0 aliphatic rings. The smallest absolute Gasteiger partial charge is 0.0668 e. The fraction of sp³-hybridized carbons (Fsp3) is 0.727. The van der Waals surface area contributed by atoms with Gasteiger partial charge in [0.1, 0.15) is 0 Å². The van der Waals surface area contributed by atoms with Crippen molar-refractivity contribution in [3.8, 4) is 0 Å². The third kappa shape index (κ3) is 5.75. The van der Waals surface area contributed by atoms with E-state index in [1.165, 1.54) is 0 Å². The van der Waals surface area contributed by atoms with Crippen LogP contribution in [0.15, 0.2) is 12.2 Å². The minimum absolute atomic E-state index is 0.154. The molecule has 0 spiro atoms. The Hall–Kier alpha value is -0.830. The highest BCUT2D eigenvalue weighted by Crippen LogP contribution is 2.12. The molecule has 1 unspecified atom stereocenters. The highest BCUT2D eigenvalue weighted by atomic mass is 16.5. The van der Waals surface area contributed by atoms with Crippen LogP contribution in [-0.2, 0) is 9.53 Å². The van der Waals surface area contributed by atoms with Gasteiger partial charge in [-0.3, -0.25) is 0 Å². The molecule has 0 rings (SSSR count). The maximum absolute atomic E-state index is 10.4. The van der Waals surface area contributed by atoms with E-state index in [-0.39, 0.29) is 11.7 Å². The van der Waals surface area contributed by atoms with Crippen LogP contribution < -0.4 is 5.11 Å². The Bertz CT molecular complexity index is 181. The summed E-state index contributed by atoms with van der Waals surface area (Å²) in [6.45, 7) is 8.12.